The van der Waals surface area contributed by atoms with Crippen molar-refractivity contribution in [3.05, 3.63) is 17.3 Å². The quantitative estimate of drug-likeness (QED) is 0.862. The van der Waals surface area contributed by atoms with Gasteiger partial charge in [0, 0.05) is 24.7 Å². The van der Waals surface area contributed by atoms with Crippen LogP contribution in [0.15, 0.2) is 11.6 Å². The predicted molar refractivity (Wildman–Crippen MR) is 63.1 cm³/mol. The maximum Gasteiger partial charge on any atom is 0.356 e. The number of morpholine rings is 1. The van der Waals surface area contributed by atoms with Crippen molar-refractivity contribution in [1.29, 1.82) is 0 Å². The molecule has 0 aliphatic carbocycles. The number of anilines is 1. The van der Waals surface area contributed by atoms with Gasteiger partial charge in [-0.1, -0.05) is 0 Å². The summed E-state index contributed by atoms with van der Waals surface area (Å²) in [6.45, 7) is 2.60. The van der Waals surface area contributed by atoms with Crippen molar-refractivity contribution in [1.82, 2.24) is 9.38 Å². The number of aromatic carboxylic acids is 1. The fourth-order valence-electron chi connectivity index (χ4n) is 1.97. The van der Waals surface area contributed by atoms with Gasteiger partial charge in [-0.3, -0.25) is 4.40 Å². The smallest absolute Gasteiger partial charge is 0.356 e. The number of ether oxygens (including phenoxy) is 1. The van der Waals surface area contributed by atoms with Crippen LogP contribution in [-0.4, -0.2) is 46.8 Å². The van der Waals surface area contributed by atoms with E-state index >= 15 is 0 Å². The minimum atomic E-state index is -0.947. The highest BCUT2D eigenvalue weighted by molar-refractivity contribution is 7.15. The zero-order chi connectivity index (χ0) is 11.8. The first-order chi connectivity index (χ1) is 8.27. The molecule has 0 saturated carbocycles. The molecule has 0 amide bonds. The Morgan fingerprint density at radius 3 is 2.94 bits per heavy atom. The minimum absolute atomic E-state index is 0.239. The largest absolute Gasteiger partial charge is 0.476 e. The number of hydrogen-bond acceptors (Lipinski definition) is 5. The van der Waals surface area contributed by atoms with Crippen molar-refractivity contribution in [2.45, 2.75) is 0 Å². The molecule has 2 aromatic heterocycles. The number of imidazole rings is 1. The number of hydrogen-bond donors (Lipinski definition) is 1. The van der Waals surface area contributed by atoms with Crippen LogP contribution in [0.5, 0.6) is 0 Å². The van der Waals surface area contributed by atoms with Gasteiger partial charge in [-0.05, 0) is 0 Å². The van der Waals surface area contributed by atoms with Gasteiger partial charge in [0.25, 0.3) is 0 Å². The molecule has 3 heterocycles. The van der Waals surface area contributed by atoms with Crippen molar-refractivity contribution in [3.8, 4) is 0 Å². The molecule has 0 bridgehead atoms. The van der Waals surface area contributed by atoms with Crippen LogP contribution in [0.4, 0.5) is 5.82 Å². The van der Waals surface area contributed by atoms with E-state index in [0.29, 0.717) is 37.1 Å². The second-order valence-corrected chi connectivity index (χ2v) is 4.62. The van der Waals surface area contributed by atoms with Crippen molar-refractivity contribution in [2.75, 3.05) is 31.2 Å². The Labute approximate surface area is 101 Å². The van der Waals surface area contributed by atoms with Gasteiger partial charge in [-0.15, -0.1) is 11.3 Å². The van der Waals surface area contributed by atoms with Crippen LogP contribution in [0.3, 0.4) is 0 Å². The highest BCUT2D eigenvalue weighted by Gasteiger charge is 2.24. The molecule has 1 aliphatic heterocycles. The van der Waals surface area contributed by atoms with E-state index in [1.807, 2.05) is 10.3 Å². The lowest BCUT2D eigenvalue weighted by atomic mass is 10.3. The molecule has 1 saturated heterocycles. The Balaban J connectivity index is 2.10. The third kappa shape index (κ3) is 1.67. The van der Waals surface area contributed by atoms with E-state index in [1.54, 1.807) is 10.6 Å². The minimum Gasteiger partial charge on any atom is -0.476 e. The van der Waals surface area contributed by atoms with Crippen molar-refractivity contribution < 1.29 is 14.6 Å². The lowest BCUT2D eigenvalue weighted by Crippen LogP contribution is -2.37. The van der Waals surface area contributed by atoms with Crippen LogP contribution in [-0.2, 0) is 4.74 Å². The fourth-order valence-corrected chi connectivity index (χ4v) is 2.68. The first-order valence-corrected chi connectivity index (χ1v) is 6.17. The number of fused-ring (bicyclic) bond motifs is 1. The molecule has 0 aromatic carbocycles. The molecule has 2 aromatic rings. The Morgan fingerprint density at radius 1 is 1.47 bits per heavy atom. The second-order valence-electron chi connectivity index (χ2n) is 3.74. The molecular weight excluding hydrogens is 242 g/mol. The summed E-state index contributed by atoms with van der Waals surface area (Å²) < 4.78 is 6.88. The monoisotopic (exact) mass is 253 g/mol. The zero-order valence-corrected chi connectivity index (χ0v) is 9.81. The molecule has 0 atom stereocenters. The van der Waals surface area contributed by atoms with Crippen molar-refractivity contribution in [2.24, 2.45) is 0 Å². The molecule has 6 nitrogen and oxygen atoms in total. The number of aromatic nitrogens is 2. The van der Waals surface area contributed by atoms with E-state index < -0.39 is 5.97 Å². The molecule has 0 spiro atoms. The lowest BCUT2D eigenvalue weighted by Gasteiger charge is -2.27. The number of carboxylic acid groups (broad SMARTS) is 1. The van der Waals surface area contributed by atoms with Crippen LogP contribution in [0.2, 0.25) is 0 Å². The van der Waals surface area contributed by atoms with Crippen LogP contribution in [0.1, 0.15) is 10.5 Å². The third-order valence-corrected chi connectivity index (χ3v) is 3.51. The molecule has 0 radical (unpaired) electrons. The average Bonchev–Trinajstić information content (AvgIpc) is 2.88. The lowest BCUT2D eigenvalue weighted by molar-refractivity contribution is 0.0689. The van der Waals surface area contributed by atoms with E-state index in [9.17, 15) is 9.90 Å². The molecule has 3 rings (SSSR count). The molecular formula is C10H11N3O3S. The van der Waals surface area contributed by atoms with Gasteiger partial charge in [0.05, 0.1) is 13.2 Å². The van der Waals surface area contributed by atoms with Crippen LogP contribution >= 0.6 is 11.3 Å². The Bertz CT molecular complexity index is 556. The first kappa shape index (κ1) is 10.5. The summed E-state index contributed by atoms with van der Waals surface area (Å²) >= 11 is 1.43. The average molecular weight is 253 g/mol. The Morgan fingerprint density at radius 2 is 2.24 bits per heavy atom. The van der Waals surface area contributed by atoms with Gasteiger partial charge in [0.1, 0.15) is 0 Å². The fraction of sp³-hybridized carbons (Fsp3) is 0.400. The van der Waals surface area contributed by atoms with Crippen molar-refractivity contribution in [3.63, 3.8) is 0 Å². The van der Waals surface area contributed by atoms with Gasteiger partial charge in [0.15, 0.2) is 16.5 Å². The number of nitrogens with zero attached hydrogens (tertiary/aromatic N) is 3. The van der Waals surface area contributed by atoms with Crippen LogP contribution in [0.25, 0.3) is 4.96 Å². The van der Waals surface area contributed by atoms with E-state index in [-0.39, 0.29) is 5.69 Å². The number of carbonyl (C=O) groups is 1. The van der Waals surface area contributed by atoms with Crippen LogP contribution < -0.4 is 4.90 Å². The highest BCUT2D eigenvalue weighted by Crippen LogP contribution is 2.25. The second kappa shape index (κ2) is 4.01. The topological polar surface area (TPSA) is 67.1 Å². The molecule has 90 valence electrons. The summed E-state index contributed by atoms with van der Waals surface area (Å²) in [4.78, 5) is 18.4. The summed E-state index contributed by atoms with van der Waals surface area (Å²) in [6.07, 6.45) is 1.74. The van der Waals surface area contributed by atoms with Gasteiger partial charge in [-0.2, -0.15) is 0 Å². The summed E-state index contributed by atoms with van der Waals surface area (Å²) in [6, 6.07) is 0. The molecule has 1 aliphatic rings. The molecule has 17 heavy (non-hydrogen) atoms. The number of rotatable bonds is 2. The first-order valence-electron chi connectivity index (χ1n) is 5.29. The normalized spacial score (nSPS) is 16.6. The Hall–Kier alpha value is -1.60. The van der Waals surface area contributed by atoms with E-state index in [2.05, 4.69) is 4.98 Å². The molecule has 0 unspecified atom stereocenters. The predicted octanol–water partition coefficient (Wildman–Crippen LogP) is 0.931. The number of carboxylic acids is 1. The third-order valence-electron chi connectivity index (χ3n) is 2.76. The van der Waals surface area contributed by atoms with Crippen molar-refractivity contribution >= 4 is 28.1 Å². The standard InChI is InChI=1S/C10H11N3O3S/c14-9(15)7-8(12-1-4-16-5-2-12)11-10-13(7)3-6-17-10/h3,6H,1-2,4-5H2,(H,14,15). The summed E-state index contributed by atoms with van der Waals surface area (Å²) in [5.41, 5.74) is 0.239. The zero-order valence-electron chi connectivity index (χ0n) is 9.00. The van der Waals surface area contributed by atoms with E-state index in [0.717, 1.165) is 0 Å². The SMILES string of the molecule is O=C(O)c1c(N2CCOCC2)nc2sccn12. The number of thiazole rings is 1. The van der Waals surface area contributed by atoms with E-state index in [1.165, 1.54) is 11.3 Å². The maximum atomic E-state index is 11.3. The molecule has 1 fully saturated rings. The Kier molecular flexibility index (Phi) is 2.49. The molecule has 1 N–H and O–H groups in total. The summed E-state index contributed by atoms with van der Waals surface area (Å²) in [7, 11) is 0. The van der Waals surface area contributed by atoms with E-state index in [4.69, 9.17) is 4.74 Å². The summed E-state index contributed by atoms with van der Waals surface area (Å²) in [5.74, 6) is -0.398. The highest BCUT2D eigenvalue weighted by atomic mass is 32.1. The van der Waals surface area contributed by atoms with Gasteiger partial charge in [0.2, 0.25) is 0 Å². The van der Waals surface area contributed by atoms with Crippen LogP contribution in [0, 0.1) is 0 Å². The van der Waals surface area contributed by atoms with Gasteiger partial charge >= 0.3 is 5.97 Å². The molecule has 7 heteroatoms. The van der Waals surface area contributed by atoms with Gasteiger partial charge in [-0.25, -0.2) is 9.78 Å². The summed E-state index contributed by atoms with van der Waals surface area (Å²) in [5, 5.41) is 11.1. The van der Waals surface area contributed by atoms with Gasteiger partial charge < -0.3 is 14.7 Å². The maximum absolute atomic E-state index is 11.3.